The topological polar surface area (TPSA) is 628 Å². The van der Waals surface area contributed by atoms with Gasteiger partial charge in [0.05, 0.1) is 45.3 Å². The van der Waals surface area contributed by atoms with E-state index in [1.54, 1.807) is 0 Å². The van der Waals surface area contributed by atoms with Gasteiger partial charge in [0.2, 0.25) is 0 Å². The fourth-order valence-corrected chi connectivity index (χ4v) is 4.70. The first-order valence-electron chi connectivity index (χ1n) is 12.9. The molecule has 0 heterocycles. The quantitative estimate of drug-likeness (QED) is 0.0635. The van der Waals surface area contributed by atoms with Crippen LogP contribution in [0.4, 0.5) is 0 Å². The Balaban J connectivity index is -0.000000102. The first-order valence-corrected chi connectivity index (χ1v) is 12.9. The van der Waals surface area contributed by atoms with Crippen LogP contribution < -0.4 is 10.2 Å². The maximum atomic E-state index is 11.4. The molecule has 0 atom stereocenters. The molecule has 0 saturated heterocycles. The zero-order valence-corrected chi connectivity index (χ0v) is 33.9. The molecule has 26 nitrogen and oxygen atoms in total. The van der Waals surface area contributed by atoms with Gasteiger partial charge in [-0.3, -0.25) is 0 Å². The maximum Gasteiger partial charge on any atom is 2.00 e. The van der Waals surface area contributed by atoms with Gasteiger partial charge >= 0.3 is 63.1 Å². The standard InChI is InChI=1S/2C16H10O8.Cd.10H2O/c2*17-13(18)7-3-1-4-8(14(19)20)11(7)12-9(15(21)22)5-2-6-10(12)16(23)24;;;;;;;;;;;/h2*1-6H,(H,17,18)(H,19,20)(H,21,22)(H,23,24);;10*1H2/q;;+2;;;;;;;;;;/p+4. The molecule has 324 valence electrons. The minimum atomic E-state index is -1.76. The third-order valence-electron chi connectivity index (χ3n) is 6.58. The zero-order chi connectivity index (χ0) is 36.0. The van der Waals surface area contributed by atoms with E-state index in [1.807, 2.05) is 0 Å². The Morgan fingerprint density at radius 3 is 0.542 bits per heavy atom. The summed E-state index contributed by atoms with van der Waals surface area (Å²) in [6, 6.07) is 13.0. The van der Waals surface area contributed by atoms with E-state index in [2.05, 4.69) is 0 Å². The first-order chi connectivity index (χ1) is 22.5. The minimum absolute atomic E-state index is 0. The fourth-order valence-electron chi connectivity index (χ4n) is 4.70. The largest absolute Gasteiger partial charge is 2.00 e. The van der Waals surface area contributed by atoms with Crippen LogP contribution >= 0.6 is 0 Å². The van der Waals surface area contributed by atoms with Gasteiger partial charge in [0.1, 0.15) is 0 Å². The average molecular weight is 957 g/mol. The van der Waals surface area contributed by atoms with Gasteiger partial charge in [-0.05, 0) is 36.4 Å². The summed E-state index contributed by atoms with van der Waals surface area (Å²) in [6.45, 7) is 0. The van der Waals surface area contributed by atoms with Gasteiger partial charge in [0, 0.05) is 33.4 Å². The molecule has 0 aliphatic carbocycles. The number of benzene rings is 4. The van der Waals surface area contributed by atoms with E-state index in [-0.39, 0.29) is 82.1 Å². The van der Waals surface area contributed by atoms with Gasteiger partial charge < -0.3 is 105 Å². The van der Waals surface area contributed by atoms with E-state index >= 15 is 0 Å². The van der Waals surface area contributed by atoms with E-state index in [0.29, 0.717) is 0 Å². The van der Waals surface area contributed by atoms with Crippen molar-refractivity contribution >= 4 is 47.8 Å². The second-order valence-corrected chi connectivity index (χ2v) is 9.32. The second kappa shape index (κ2) is 30.3. The predicted octanol–water partition coefficient (Wildman–Crippen LogP) is -7.21. The second-order valence-electron chi connectivity index (χ2n) is 9.32. The van der Waals surface area contributed by atoms with Crippen molar-refractivity contribution in [2.75, 3.05) is 0 Å². The van der Waals surface area contributed by atoms with Gasteiger partial charge in [0.25, 0.3) is 0 Å². The summed E-state index contributed by atoms with van der Waals surface area (Å²) in [5.41, 5.74) is -6.54. The molecule has 0 aromatic heterocycles. The van der Waals surface area contributed by atoms with Crippen molar-refractivity contribution in [2.45, 2.75) is 0 Å². The minimum Gasteiger partial charge on any atom is -0.545 e. The van der Waals surface area contributed by atoms with Gasteiger partial charge in [-0.2, -0.15) is 0 Å². The molecule has 0 unspecified atom stereocenters. The summed E-state index contributed by atoms with van der Waals surface area (Å²) in [5, 5.41) is 78.4. The van der Waals surface area contributed by atoms with E-state index in [4.69, 9.17) is 0 Å². The predicted molar refractivity (Wildman–Crippen MR) is 198 cm³/mol. The molecular weight excluding hydrogens is 913 g/mol. The summed E-state index contributed by atoms with van der Waals surface area (Å²) in [4.78, 5) is 91.2. The molecule has 0 amide bonds. The number of carboxylic acid groups (broad SMARTS) is 8. The first kappa shape index (κ1) is 73.3. The van der Waals surface area contributed by atoms with Crippen molar-refractivity contribution in [3.63, 3.8) is 0 Å². The van der Waals surface area contributed by atoms with Crippen LogP contribution in [0.1, 0.15) is 82.9 Å². The Morgan fingerprint density at radius 2 is 0.424 bits per heavy atom. The molecule has 0 fully saturated rings. The number of hydrogen-bond donors (Lipinski definition) is 6. The third kappa shape index (κ3) is 15.6. The van der Waals surface area contributed by atoms with Crippen LogP contribution in [-0.2, 0) is 60.2 Å². The molecule has 4 rings (SSSR count). The van der Waals surface area contributed by atoms with E-state index in [9.17, 15) is 79.2 Å². The van der Waals surface area contributed by atoms with Crippen LogP contribution in [0.25, 0.3) is 22.3 Å². The smallest absolute Gasteiger partial charge is 0.545 e. The van der Waals surface area contributed by atoms with Crippen LogP contribution in [-0.4, -0.2) is 100 Å². The SMILES string of the molecule is O.O.O.O.O=C([O-])c1cccc(C(=O)O)c1-c1c(C(=O)O)cccc1C(=O)O.O=C([O-])c1cccc(C(=O)O)c1-c1c(C(=O)O)cccc1C(=O)O.[Cd+2].[OH3+].[OH3+].[OH3+].[OH3+].[OH3+].[OH3+]. The molecule has 0 aliphatic rings. The van der Waals surface area contributed by atoms with E-state index in [0.717, 1.165) is 60.7 Å². The maximum absolute atomic E-state index is 11.4. The van der Waals surface area contributed by atoms with Crippen molar-refractivity contribution in [2.24, 2.45) is 0 Å². The third-order valence-corrected chi connectivity index (χ3v) is 6.58. The van der Waals surface area contributed by atoms with Crippen molar-refractivity contribution < 1.29 is 161 Å². The summed E-state index contributed by atoms with van der Waals surface area (Å²) >= 11 is 0. The Morgan fingerprint density at radius 1 is 0.305 bits per heavy atom. The molecule has 0 aliphatic heterocycles. The number of carbonyl (C=O) groups is 8. The van der Waals surface area contributed by atoms with Crippen LogP contribution in [0.2, 0.25) is 0 Å². The molecule has 4 aromatic carbocycles. The number of aromatic carboxylic acids is 8. The Hall–Kier alpha value is -6.84. The molecule has 0 bridgehead atoms. The fraction of sp³-hybridized carbons (Fsp3) is 0. The molecule has 4 aromatic rings. The van der Waals surface area contributed by atoms with Gasteiger partial charge in [0.15, 0.2) is 0 Å². The Labute approximate surface area is 347 Å². The van der Waals surface area contributed by atoms with Gasteiger partial charge in [-0.1, -0.05) is 36.4 Å². The summed E-state index contributed by atoms with van der Waals surface area (Å²) in [5.74, 6) is -12.7. The molecule has 0 spiro atoms. The van der Waals surface area contributed by atoms with Gasteiger partial charge in [-0.15, -0.1) is 0 Å². The van der Waals surface area contributed by atoms with Crippen molar-refractivity contribution in [1.82, 2.24) is 0 Å². The molecule has 0 saturated carbocycles. The molecular formula is C32H44CdO26+6. The summed E-state index contributed by atoms with van der Waals surface area (Å²) in [6.07, 6.45) is 0. The Bertz CT molecular complexity index is 1660. The summed E-state index contributed by atoms with van der Waals surface area (Å²) in [7, 11) is 0. The number of carbonyl (C=O) groups excluding carboxylic acids is 2. The average Bonchev–Trinajstić information content (AvgIpc) is 3.03. The molecule has 27 heteroatoms. The monoisotopic (exact) mass is 958 g/mol. The molecule has 32 N–H and O–H groups in total. The van der Waals surface area contributed by atoms with Gasteiger partial charge in [-0.25, -0.2) is 28.8 Å². The number of hydrogen-bond acceptors (Lipinski definition) is 10. The normalized spacial score (nSPS) is 8.27. The number of carboxylic acids is 8. The van der Waals surface area contributed by atoms with Crippen LogP contribution in [0.3, 0.4) is 0 Å². The van der Waals surface area contributed by atoms with Crippen molar-refractivity contribution in [3.8, 4) is 22.3 Å². The zero-order valence-electron chi connectivity index (χ0n) is 29.9. The van der Waals surface area contributed by atoms with Crippen LogP contribution in [0, 0.1) is 0 Å². The summed E-state index contributed by atoms with van der Waals surface area (Å²) < 4.78 is 0. The van der Waals surface area contributed by atoms with Crippen molar-refractivity contribution in [3.05, 3.63) is 117 Å². The van der Waals surface area contributed by atoms with E-state index in [1.165, 1.54) is 12.1 Å². The molecule has 59 heavy (non-hydrogen) atoms. The van der Waals surface area contributed by atoms with Crippen molar-refractivity contribution in [1.29, 1.82) is 0 Å². The molecule has 0 radical (unpaired) electrons. The van der Waals surface area contributed by atoms with E-state index < -0.39 is 115 Å². The van der Waals surface area contributed by atoms with Crippen LogP contribution in [0.5, 0.6) is 0 Å². The van der Waals surface area contributed by atoms with Crippen LogP contribution in [0.15, 0.2) is 72.8 Å². The Kier molecular flexibility index (Phi) is 37.7. The number of rotatable bonds is 10.